The summed E-state index contributed by atoms with van der Waals surface area (Å²) in [4.78, 5) is 4.24. The van der Waals surface area contributed by atoms with Crippen molar-refractivity contribution in [2.75, 3.05) is 5.73 Å². The molecule has 0 spiro atoms. The van der Waals surface area contributed by atoms with Crippen LogP contribution in [0.25, 0.3) is 16.9 Å². The molecule has 88 valence electrons. The maximum atomic E-state index is 5.73. The van der Waals surface area contributed by atoms with E-state index in [2.05, 4.69) is 10.1 Å². The molecular formula is C14H12N4. The van der Waals surface area contributed by atoms with E-state index in [0.717, 1.165) is 16.9 Å². The molecule has 4 heteroatoms. The number of nitrogen functional groups attached to an aromatic ring is 1. The predicted molar refractivity (Wildman–Crippen MR) is 71.2 cm³/mol. The lowest BCUT2D eigenvalue weighted by Crippen LogP contribution is -1.98. The molecule has 0 aliphatic rings. The first-order valence-electron chi connectivity index (χ1n) is 5.65. The maximum Gasteiger partial charge on any atom is 0.155 e. The third-order valence-electron chi connectivity index (χ3n) is 2.69. The van der Waals surface area contributed by atoms with Crippen LogP contribution in [0.1, 0.15) is 0 Å². The fourth-order valence-electron chi connectivity index (χ4n) is 1.79. The number of benzene rings is 1. The molecule has 3 rings (SSSR count). The molecule has 0 aliphatic heterocycles. The van der Waals surface area contributed by atoms with Gasteiger partial charge in [-0.05, 0) is 11.6 Å². The molecule has 2 heterocycles. The first-order valence-corrected chi connectivity index (χ1v) is 5.65. The molecule has 0 saturated carbocycles. The van der Waals surface area contributed by atoms with Crippen LogP contribution in [-0.4, -0.2) is 14.8 Å². The molecule has 0 bridgehead atoms. The van der Waals surface area contributed by atoms with Crippen LogP contribution in [0.3, 0.4) is 0 Å². The van der Waals surface area contributed by atoms with Gasteiger partial charge in [0.25, 0.3) is 0 Å². The number of rotatable bonds is 2. The molecule has 0 fully saturated rings. The SMILES string of the molecule is Nc1ccnc(-n2cc(-c3ccccc3)cn2)c1. The lowest BCUT2D eigenvalue weighted by molar-refractivity contribution is 0.848. The summed E-state index contributed by atoms with van der Waals surface area (Å²) in [6, 6.07) is 13.7. The second kappa shape index (κ2) is 4.33. The van der Waals surface area contributed by atoms with Gasteiger partial charge in [0.15, 0.2) is 5.82 Å². The van der Waals surface area contributed by atoms with E-state index < -0.39 is 0 Å². The van der Waals surface area contributed by atoms with Crippen LogP contribution in [0, 0.1) is 0 Å². The number of hydrogen-bond acceptors (Lipinski definition) is 3. The number of aromatic nitrogens is 3. The quantitative estimate of drug-likeness (QED) is 0.743. The smallest absolute Gasteiger partial charge is 0.155 e. The molecule has 2 aromatic heterocycles. The lowest BCUT2D eigenvalue weighted by Gasteiger charge is -2.00. The van der Waals surface area contributed by atoms with E-state index in [-0.39, 0.29) is 0 Å². The van der Waals surface area contributed by atoms with E-state index in [0.29, 0.717) is 5.69 Å². The summed E-state index contributed by atoms with van der Waals surface area (Å²) in [6.45, 7) is 0. The van der Waals surface area contributed by atoms with Crippen molar-refractivity contribution < 1.29 is 0 Å². The Morgan fingerprint density at radius 2 is 1.83 bits per heavy atom. The van der Waals surface area contributed by atoms with Crippen molar-refractivity contribution in [1.82, 2.24) is 14.8 Å². The molecule has 0 unspecified atom stereocenters. The molecule has 4 nitrogen and oxygen atoms in total. The summed E-state index contributed by atoms with van der Waals surface area (Å²) in [7, 11) is 0. The van der Waals surface area contributed by atoms with Crippen LogP contribution >= 0.6 is 0 Å². The van der Waals surface area contributed by atoms with Crippen molar-refractivity contribution in [2.24, 2.45) is 0 Å². The Kier molecular flexibility index (Phi) is 2.53. The van der Waals surface area contributed by atoms with E-state index >= 15 is 0 Å². The fourth-order valence-corrected chi connectivity index (χ4v) is 1.79. The molecule has 0 amide bonds. The average Bonchev–Trinajstić information content (AvgIpc) is 2.89. The van der Waals surface area contributed by atoms with Crippen LogP contribution in [0.4, 0.5) is 5.69 Å². The Hall–Kier alpha value is -2.62. The van der Waals surface area contributed by atoms with Gasteiger partial charge in [0.1, 0.15) is 0 Å². The highest BCUT2D eigenvalue weighted by atomic mass is 15.3. The zero-order valence-corrected chi connectivity index (χ0v) is 9.69. The largest absolute Gasteiger partial charge is 0.399 e. The van der Waals surface area contributed by atoms with Crippen molar-refractivity contribution in [3.8, 4) is 16.9 Å². The summed E-state index contributed by atoms with van der Waals surface area (Å²) in [6.07, 6.45) is 5.44. The van der Waals surface area contributed by atoms with Gasteiger partial charge >= 0.3 is 0 Å². The predicted octanol–water partition coefficient (Wildman–Crippen LogP) is 2.52. The Labute approximate surface area is 105 Å². The van der Waals surface area contributed by atoms with Crippen LogP contribution in [0.5, 0.6) is 0 Å². The monoisotopic (exact) mass is 236 g/mol. The zero-order valence-electron chi connectivity index (χ0n) is 9.69. The molecule has 1 aromatic carbocycles. The van der Waals surface area contributed by atoms with Gasteiger partial charge < -0.3 is 5.73 Å². The third kappa shape index (κ3) is 1.96. The van der Waals surface area contributed by atoms with Crippen molar-refractivity contribution >= 4 is 5.69 Å². The van der Waals surface area contributed by atoms with Crippen molar-refractivity contribution in [3.63, 3.8) is 0 Å². The van der Waals surface area contributed by atoms with Crippen LogP contribution < -0.4 is 5.73 Å². The Bertz CT molecular complexity index is 658. The van der Waals surface area contributed by atoms with Crippen molar-refractivity contribution in [1.29, 1.82) is 0 Å². The highest BCUT2D eigenvalue weighted by Crippen LogP contribution is 2.19. The number of hydrogen-bond donors (Lipinski definition) is 1. The van der Waals surface area contributed by atoms with Gasteiger partial charge in [-0.1, -0.05) is 30.3 Å². The minimum atomic E-state index is 0.678. The summed E-state index contributed by atoms with van der Waals surface area (Å²) >= 11 is 0. The van der Waals surface area contributed by atoms with E-state index in [1.54, 1.807) is 23.0 Å². The summed E-state index contributed by atoms with van der Waals surface area (Å²) < 4.78 is 1.72. The van der Waals surface area contributed by atoms with E-state index in [9.17, 15) is 0 Å². The van der Waals surface area contributed by atoms with Crippen molar-refractivity contribution in [3.05, 3.63) is 61.1 Å². The first-order chi connectivity index (χ1) is 8.83. The Morgan fingerprint density at radius 3 is 2.61 bits per heavy atom. The molecule has 0 aliphatic carbocycles. The molecule has 0 saturated heterocycles. The van der Waals surface area contributed by atoms with Gasteiger partial charge in [-0.15, -0.1) is 0 Å². The summed E-state index contributed by atoms with van der Waals surface area (Å²) in [5.41, 5.74) is 8.60. The average molecular weight is 236 g/mol. The summed E-state index contributed by atoms with van der Waals surface area (Å²) in [5.74, 6) is 0.720. The third-order valence-corrected chi connectivity index (χ3v) is 2.69. The van der Waals surface area contributed by atoms with Gasteiger partial charge in [0, 0.05) is 29.7 Å². The highest BCUT2D eigenvalue weighted by molar-refractivity contribution is 5.61. The lowest BCUT2D eigenvalue weighted by atomic mass is 10.1. The molecule has 0 atom stereocenters. The minimum absolute atomic E-state index is 0.678. The first kappa shape index (κ1) is 10.5. The van der Waals surface area contributed by atoms with Crippen LogP contribution in [0.15, 0.2) is 61.1 Å². The van der Waals surface area contributed by atoms with E-state index in [4.69, 9.17) is 5.73 Å². The van der Waals surface area contributed by atoms with Crippen LogP contribution in [0.2, 0.25) is 0 Å². The highest BCUT2D eigenvalue weighted by Gasteiger charge is 2.03. The maximum absolute atomic E-state index is 5.73. The fraction of sp³-hybridized carbons (Fsp3) is 0. The molecular weight excluding hydrogens is 224 g/mol. The standard InChI is InChI=1S/C14H12N4/c15-13-6-7-16-14(8-13)18-10-12(9-17-18)11-4-2-1-3-5-11/h1-10H,(H2,15,16). The van der Waals surface area contributed by atoms with Crippen molar-refractivity contribution in [2.45, 2.75) is 0 Å². The van der Waals surface area contributed by atoms with E-state index in [1.165, 1.54) is 0 Å². The minimum Gasteiger partial charge on any atom is -0.399 e. The van der Waals surface area contributed by atoms with Gasteiger partial charge in [-0.25, -0.2) is 9.67 Å². The molecule has 0 radical (unpaired) electrons. The van der Waals surface area contributed by atoms with Gasteiger partial charge in [-0.2, -0.15) is 5.10 Å². The second-order valence-corrected chi connectivity index (χ2v) is 3.99. The number of nitrogens with two attached hydrogens (primary N) is 1. The topological polar surface area (TPSA) is 56.7 Å². The number of nitrogens with zero attached hydrogens (tertiary/aromatic N) is 3. The van der Waals surface area contributed by atoms with Gasteiger partial charge in [0.2, 0.25) is 0 Å². The normalized spacial score (nSPS) is 10.4. The number of anilines is 1. The Balaban J connectivity index is 2.00. The zero-order chi connectivity index (χ0) is 12.4. The molecule has 18 heavy (non-hydrogen) atoms. The molecule has 3 aromatic rings. The Morgan fingerprint density at radius 1 is 1.00 bits per heavy atom. The number of pyridine rings is 1. The van der Waals surface area contributed by atoms with Gasteiger partial charge in [0.05, 0.1) is 6.20 Å². The van der Waals surface area contributed by atoms with Crippen LogP contribution in [-0.2, 0) is 0 Å². The van der Waals surface area contributed by atoms with E-state index in [1.807, 2.05) is 42.7 Å². The summed E-state index contributed by atoms with van der Waals surface area (Å²) in [5, 5.41) is 4.30. The molecule has 2 N–H and O–H groups in total. The second-order valence-electron chi connectivity index (χ2n) is 3.99. The van der Waals surface area contributed by atoms with Gasteiger partial charge in [-0.3, -0.25) is 0 Å².